The second-order valence-electron chi connectivity index (χ2n) is 8.75. The molecule has 150 valence electrons. The molecule has 3 aliphatic heterocycles. The van der Waals surface area contributed by atoms with E-state index >= 15 is 0 Å². The fraction of sp³-hybridized carbons (Fsp3) is 0.591. The summed E-state index contributed by atoms with van der Waals surface area (Å²) in [5.74, 6) is 0.753. The van der Waals surface area contributed by atoms with Gasteiger partial charge in [-0.2, -0.15) is 0 Å². The molecule has 0 aliphatic carbocycles. The number of hydrogen-bond donors (Lipinski definition) is 1. The molecular weight excluding hydrogens is 372 g/mol. The van der Waals surface area contributed by atoms with Crippen LogP contribution in [0.3, 0.4) is 0 Å². The standard InChI is InChI=1S/C22H28N2O3S/c25-15-22-13-23(9-17-12-28-20-4-2-1-3-19(17)20)10-18(22)11-24(14-22)21(26)16-5-7-27-8-6-16/h1-4,12,16,18,25H,5-11,13-15H2/t18-,22+/m0/s1. The minimum absolute atomic E-state index is 0.108. The third-order valence-corrected chi connectivity index (χ3v) is 7.99. The average Bonchev–Trinajstić information content (AvgIpc) is 3.39. The predicted molar refractivity (Wildman–Crippen MR) is 110 cm³/mol. The Morgan fingerprint density at radius 1 is 1.21 bits per heavy atom. The summed E-state index contributed by atoms with van der Waals surface area (Å²) < 4.78 is 6.74. The second kappa shape index (κ2) is 7.41. The van der Waals surface area contributed by atoms with Gasteiger partial charge in [0.1, 0.15) is 0 Å². The molecular formula is C22H28N2O3S. The van der Waals surface area contributed by atoms with Gasteiger partial charge < -0.3 is 14.7 Å². The first-order chi connectivity index (χ1) is 13.7. The topological polar surface area (TPSA) is 53.0 Å². The van der Waals surface area contributed by atoms with Crippen molar-refractivity contribution in [3.8, 4) is 0 Å². The molecule has 2 aromatic rings. The van der Waals surface area contributed by atoms with E-state index in [1.54, 1.807) is 11.3 Å². The largest absolute Gasteiger partial charge is 0.396 e. The molecule has 1 amide bonds. The van der Waals surface area contributed by atoms with Crippen molar-refractivity contribution in [2.24, 2.45) is 17.3 Å². The van der Waals surface area contributed by atoms with Gasteiger partial charge in [0.05, 0.1) is 6.61 Å². The van der Waals surface area contributed by atoms with Gasteiger partial charge in [0.2, 0.25) is 5.91 Å². The lowest BCUT2D eigenvalue weighted by Gasteiger charge is -2.30. The van der Waals surface area contributed by atoms with E-state index in [1.165, 1.54) is 15.6 Å². The Morgan fingerprint density at radius 3 is 2.82 bits per heavy atom. The van der Waals surface area contributed by atoms with E-state index in [9.17, 15) is 9.90 Å². The third kappa shape index (κ3) is 3.16. The fourth-order valence-corrected chi connectivity index (χ4v) is 6.36. The summed E-state index contributed by atoms with van der Waals surface area (Å²) in [5, 5.41) is 13.9. The van der Waals surface area contributed by atoms with Crippen molar-refractivity contribution < 1.29 is 14.6 Å². The number of carbonyl (C=O) groups excluding carboxylic acids is 1. The van der Waals surface area contributed by atoms with Gasteiger partial charge in [-0.25, -0.2) is 0 Å². The van der Waals surface area contributed by atoms with Gasteiger partial charge in [0.15, 0.2) is 0 Å². The van der Waals surface area contributed by atoms with E-state index in [0.717, 1.165) is 39.0 Å². The smallest absolute Gasteiger partial charge is 0.225 e. The molecule has 0 spiro atoms. The monoisotopic (exact) mass is 400 g/mol. The van der Waals surface area contributed by atoms with Crippen LogP contribution < -0.4 is 0 Å². The molecule has 1 N–H and O–H groups in total. The molecule has 5 nitrogen and oxygen atoms in total. The lowest BCUT2D eigenvalue weighted by Crippen LogP contribution is -2.41. The zero-order chi connectivity index (χ0) is 19.1. The van der Waals surface area contributed by atoms with E-state index in [4.69, 9.17) is 4.74 Å². The Morgan fingerprint density at radius 2 is 2.04 bits per heavy atom. The number of fused-ring (bicyclic) bond motifs is 2. The Bertz CT molecular complexity index is 862. The van der Waals surface area contributed by atoms with Gasteiger partial charge in [-0.3, -0.25) is 9.69 Å². The minimum Gasteiger partial charge on any atom is -0.396 e. The highest BCUT2D eigenvalue weighted by molar-refractivity contribution is 7.17. The second-order valence-corrected chi connectivity index (χ2v) is 9.66. The first-order valence-electron chi connectivity index (χ1n) is 10.3. The van der Waals surface area contributed by atoms with Crippen molar-refractivity contribution in [3.05, 3.63) is 35.2 Å². The zero-order valence-electron chi connectivity index (χ0n) is 16.2. The fourth-order valence-electron chi connectivity index (χ4n) is 5.40. The molecule has 3 aliphatic rings. The number of thiophene rings is 1. The molecule has 0 radical (unpaired) electrons. The van der Waals surface area contributed by atoms with Crippen LogP contribution >= 0.6 is 11.3 Å². The summed E-state index contributed by atoms with van der Waals surface area (Å²) in [5.41, 5.74) is 1.22. The molecule has 5 rings (SSSR count). The highest BCUT2D eigenvalue weighted by Gasteiger charge is 2.53. The Kier molecular flexibility index (Phi) is 4.91. The summed E-state index contributed by atoms with van der Waals surface area (Å²) in [6.07, 6.45) is 1.67. The van der Waals surface area contributed by atoms with E-state index in [2.05, 4.69) is 34.5 Å². The van der Waals surface area contributed by atoms with Crippen molar-refractivity contribution in [1.29, 1.82) is 0 Å². The maximum Gasteiger partial charge on any atom is 0.225 e. The van der Waals surface area contributed by atoms with Gasteiger partial charge in [0, 0.05) is 62.0 Å². The average molecular weight is 401 g/mol. The molecule has 2 atom stereocenters. The number of amides is 1. The predicted octanol–water partition coefficient (Wildman–Crippen LogP) is 2.58. The molecule has 0 saturated carbocycles. The van der Waals surface area contributed by atoms with Gasteiger partial charge >= 0.3 is 0 Å². The number of ether oxygens (including phenoxy) is 1. The van der Waals surface area contributed by atoms with Crippen LogP contribution in [-0.4, -0.2) is 66.8 Å². The normalized spacial score (nSPS) is 28.9. The van der Waals surface area contributed by atoms with Crippen LogP contribution in [0.4, 0.5) is 0 Å². The number of benzene rings is 1. The maximum absolute atomic E-state index is 13.0. The lowest BCUT2D eigenvalue weighted by atomic mass is 9.82. The Balaban J connectivity index is 1.27. The van der Waals surface area contributed by atoms with Crippen LogP contribution in [-0.2, 0) is 16.1 Å². The number of aliphatic hydroxyl groups is 1. The van der Waals surface area contributed by atoms with Crippen LogP contribution in [0, 0.1) is 17.3 Å². The van der Waals surface area contributed by atoms with Crippen LogP contribution in [0.1, 0.15) is 18.4 Å². The zero-order valence-corrected chi connectivity index (χ0v) is 17.0. The van der Waals surface area contributed by atoms with Crippen molar-refractivity contribution in [3.63, 3.8) is 0 Å². The molecule has 28 heavy (non-hydrogen) atoms. The molecule has 6 heteroatoms. The van der Waals surface area contributed by atoms with Crippen molar-refractivity contribution in [2.75, 3.05) is 46.0 Å². The molecule has 1 aromatic carbocycles. The lowest BCUT2D eigenvalue weighted by molar-refractivity contribution is -0.138. The molecule has 3 saturated heterocycles. The third-order valence-electron chi connectivity index (χ3n) is 6.98. The summed E-state index contributed by atoms with van der Waals surface area (Å²) >= 11 is 1.80. The van der Waals surface area contributed by atoms with Crippen molar-refractivity contribution >= 4 is 27.3 Å². The van der Waals surface area contributed by atoms with E-state index in [-0.39, 0.29) is 23.8 Å². The van der Waals surface area contributed by atoms with Gasteiger partial charge in [-0.1, -0.05) is 18.2 Å². The van der Waals surface area contributed by atoms with Gasteiger partial charge in [-0.05, 0) is 41.2 Å². The quantitative estimate of drug-likeness (QED) is 0.857. The van der Waals surface area contributed by atoms with Crippen LogP contribution in [0.5, 0.6) is 0 Å². The highest BCUT2D eigenvalue weighted by Crippen LogP contribution is 2.43. The molecule has 3 fully saturated rings. The minimum atomic E-state index is -0.160. The van der Waals surface area contributed by atoms with Crippen LogP contribution in [0.2, 0.25) is 0 Å². The van der Waals surface area contributed by atoms with Crippen LogP contribution in [0.25, 0.3) is 10.1 Å². The summed E-state index contributed by atoms with van der Waals surface area (Å²) in [7, 11) is 0. The molecule has 1 aromatic heterocycles. The number of carbonyl (C=O) groups is 1. The van der Waals surface area contributed by atoms with E-state index < -0.39 is 0 Å². The number of nitrogens with zero attached hydrogens (tertiary/aromatic N) is 2. The van der Waals surface area contributed by atoms with Gasteiger partial charge in [0.25, 0.3) is 0 Å². The van der Waals surface area contributed by atoms with Gasteiger partial charge in [-0.15, -0.1) is 11.3 Å². The first-order valence-corrected chi connectivity index (χ1v) is 11.2. The summed E-state index contributed by atoms with van der Waals surface area (Å²) in [4.78, 5) is 17.5. The maximum atomic E-state index is 13.0. The van der Waals surface area contributed by atoms with Crippen LogP contribution in [0.15, 0.2) is 29.6 Å². The molecule has 4 heterocycles. The van der Waals surface area contributed by atoms with Crippen molar-refractivity contribution in [1.82, 2.24) is 9.80 Å². The summed E-state index contributed by atoms with van der Waals surface area (Å²) in [6, 6.07) is 8.57. The molecule has 0 bridgehead atoms. The molecule has 0 unspecified atom stereocenters. The first kappa shape index (κ1) is 18.6. The summed E-state index contributed by atoms with van der Waals surface area (Å²) in [6.45, 7) is 5.80. The Labute approximate surface area is 169 Å². The highest BCUT2D eigenvalue weighted by atomic mass is 32.1. The number of aliphatic hydroxyl groups excluding tert-OH is 1. The number of hydrogen-bond acceptors (Lipinski definition) is 5. The SMILES string of the molecule is O=C(C1CCOCC1)N1C[C@@H]2CN(Cc3csc4ccccc34)C[C@]2(CO)C1. The van der Waals surface area contributed by atoms with E-state index in [0.29, 0.717) is 25.7 Å². The Hall–Kier alpha value is -1.47. The number of rotatable bonds is 4. The van der Waals surface area contributed by atoms with Crippen molar-refractivity contribution in [2.45, 2.75) is 19.4 Å². The van der Waals surface area contributed by atoms with E-state index in [1.807, 2.05) is 4.90 Å². The number of likely N-dealkylation sites (tertiary alicyclic amines) is 2.